The molecule has 1 N–H and O–H groups in total. The van der Waals surface area contributed by atoms with E-state index >= 15 is 0 Å². The molecule has 19 heavy (non-hydrogen) atoms. The van der Waals surface area contributed by atoms with E-state index in [1.165, 1.54) is 0 Å². The third-order valence-corrected chi connectivity index (χ3v) is 3.63. The van der Waals surface area contributed by atoms with Crippen molar-refractivity contribution in [1.29, 1.82) is 0 Å². The Morgan fingerprint density at radius 2 is 1.95 bits per heavy atom. The number of likely N-dealkylation sites (N-methyl/N-ethyl adjacent to an activating group) is 1. The second-order valence-corrected chi connectivity index (χ2v) is 6.68. The Morgan fingerprint density at radius 1 is 1.26 bits per heavy atom. The van der Waals surface area contributed by atoms with Crippen LogP contribution in [0.25, 0.3) is 0 Å². The van der Waals surface area contributed by atoms with Crippen molar-refractivity contribution in [3.63, 3.8) is 0 Å². The quantitative estimate of drug-likeness (QED) is 0.789. The predicted molar refractivity (Wildman–Crippen MR) is 80.1 cm³/mol. The van der Waals surface area contributed by atoms with E-state index in [1.807, 2.05) is 0 Å². The molecule has 0 spiro atoms. The lowest BCUT2D eigenvalue weighted by atomic mass is 9.90. The van der Waals surface area contributed by atoms with E-state index in [0.717, 1.165) is 39.1 Å². The molecule has 0 aromatic heterocycles. The van der Waals surface area contributed by atoms with Gasteiger partial charge in [-0.15, -0.1) is 0 Å². The van der Waals surface area contributed by atoms with Crippen LogP contribution in [0.1, 0.15) is 27.2 Å². The Hall–Kier alpha value is -0.610. The molecule has 1 saturated heterocycles. The Balaban J connectivity index is 2.58. The number of amides is 1. The minimum Gasteiger partial charge on any atom is -0.341 e. The summed E-state index contributed by atoms with van der Waals surface area (Å²) in [5.41, 5.74) is 0. The zero-order chi connectivity index (χ0) is 14.4. The highest BCUT2D eigenvalue weighted by molar-refractivity contribution is 5.79. The summed E-state index contributed by atoms with van der Waals surface area (Å²) in [6.45, 7) is 11.1. The van der Waals surface area contributed by atoms with Gasteiger partial charge < -0.3 is 15.1 Å². The molecule has 2 unspecified atom stereocenters. The number of carbonyl (C=O) groups excluding carboxylic acids is 1. The van der Waals surface area contributed by atoms with Crippen LogP contribution >= 0.6 is 0 Å². The SMILES string of the molecule is CC(C)CN(CCN(C)C)C(=O)C1CNCC(C)C1. The Kier molecular flexibility index (Phi) is 6.80. The van der Waals surface area contributed by atoms with Crippen molar-refractivity contribution in [3.05, 3.63) is 0 Å². The summed E-state index contributed by atoms with van der Waals surface area (Å²) in [4.78, 5) is 16.9. The molecule has 2 atom stereocenters. The first-order chi connectivity index (χ1) is 8.90. The van der Waals surface area contributed by atoms with E-state index in [1.54, 1.807) is 0 Å². The molecule has 1 aliphatic heterocycles. The highest BCUT2D eigenvalue weighted by atomic mass is 16.2. The van der Waals surface area contributed by atoms with Crippen molar-refractivity contribution < 1.29 is 4.79 Å². The van der Waals surface area contributed by atoms with Crippen LogP contribution in [0.2, 0.25) is 0 Å². The lowest BCUT2D eigenvalue weighted by Gasteiger charge is -2.33. The average Bonchev–Trinajstić information content (AvgIpc) is 2.33. The molecule has 112 valence electrons. The maximum atomic E-state index is 12.7. The van der Waals surface area contributed by atoms with E-state index in [2.05, 4.69) is 50.0 Å². The fourth-order valence-electron chi connectivity index (χ4n) is 2.66. The molecule has 0 bridgehead atoms. The van der Waals surface area contributed by atoms with E-state index in [0.29, 0.717) is 17.7 Å². The summed E-state index contributed by atoms with van der Waals surface area (Å²) >= 11 is 0. The summed E-state index contributed by atoms with van der Waals surface area (Å²) in [5, 5.41) is 3.38. The van der Waals surface area contributed by atoms with Gasteiger partial charge in [0.2, 0.25) is 5.91 Å². The van der Waals surface area contributed by atoms with Crippen LogP contribution in [0.5, 0.6) is 0 Å². The predicted octanol–water partition coefficient (Wildman–Crippen LogP) is 1.28. The molecule has 4 heteroatoms. The number of hydrogen-bond donors (Lipinski definition) is 1. The number of carbonyl (C=O) groups is 1. The number of rotatable bonds is 6. The summed E-state index contributed by atoms with van der Waals surface area (Å²) in [6, 6.07) is 0. The van der Waals surface area contributed by atoms with Crippen LogP contribution in [0, 0.1) is 17.8 Å². The Bertz CT molecular complexity index is 279. The van der Waals surface area contributed by atoms with Crippen molar-refractivity contribution >= 4 is 5.91 Å². The fraction of sp³-hybridized carbons (Fsp3) is 0.933. The average molecular weight is 269 g/mol. The van der Waals surface area contributed by atoms with Gasteiger partial charge in [0.05, 0.1) is 5.92 Å². The number of nitrogens with zero attached hydrogens (tertiary/aromatic N) is 2. The smallest absolute Gasteiger partial charge is 0.227 e. The Morgan fingerprint density at radius 3 is 2.47 bits per heavy atom. The summed E-state index contributed by atoms with van der Waals surface area (Å²) in [5.74, 6) is 1.65. The highest BCUT2D eigenvalue weighted by Crippen LogP contribution is 2.18. The van der Waals surface area contributed by atoms with Crippen LogP contribution < -0.4 is 5.32 Å². The third kappa shape index (κ3) is 5.91. The van der Waals surface area contributed by atoms with Crippen molar-refractivity contribution in [3.8, 4) is 0 Å². The first-order valence-corrected chi connectivity index (χ1v) is 7.54. The summed E-state index contributed by atoms with van der Waals surface area (Å²) in [7, 11) is 4.12. The van der Waals surface area contributed by atoms with Gasteiger partial charge in [0.1, 0.15) is 0 Å². The van der Waals surface area contributed by atoms with Gasteiger partial charge in [0.25, 0.3) is 0 Å². The molecular formula is C15H31N3O. The van der Waals surface area contributed by atoms with Crippen LogP contribution in [0.4, 0.5) is 0 Å². The molecule has 4 nitrogen and oxygen atoms in total. The molecule has 0 radical (unpaired) electrons. The van der Waals surface area contributed by atoms with Crippen LogP contribution in [-0.4, -0.2) is 62.5 Å². The van der Waals surface area contributed by atoms with Gasteiger partial charge in [-0.05, 0) is 38.9 Å². The zero-order valence-corrected chi connectivity index (χ0v) is 13.3. The molecule has 0 aromatic carbocycles. The van der Waals surface area contributed by atoms with Gasteiger partial charge >= 0.3 is 0 Å². The standard InChI is InChI=1S/C15H31N3O/c1-12(2)11-18(7-6-17(4)5)15(19)14-8-13(3)9-16-10-14/h12-14,16H,6-11H2,1-5H3. The van der Waals surface area contributed by atoms with Crippen molar-refractivity contribution in [2.45, 2.75) is 27.2 Å². The zero-order valence-electron chi connectivity index (χ0n) is 13.3. The van der Waals surface area contributed by atoms with Crippen molar-refractivity contribution in [2.24, 2.45) is 17.8 Å². The van der Waals surface area contributed by atoms with E-state index in [-0.39, 0.29) is 5.92 Å². The minimum atomic E-state index is 0.171. The number of nitrogens with one attached hydrogen (secondary N) is 1. The largest absolute Gasteiger partial charge is 0.341 e. The molecule has 1 aliphatic rings. The van der Waals surface area contributed by atoms with Gasteiger partial charge in [-0.3, -0.25) is 4.79 Å². The van der Waals surface area contributed by atoms with Crippen LogP contribution in [0.3, 0.4) is 0 Å². The van der Waals surface area contributed by atoms with Crippen LogP contribution in [-0.2, 0) is 4.79 Å². The summed E-state index contributed by atoms with van der Waals surface area (Å²) in [6.07, 6.45) is 1.03. The van der Waals surface area contributed by atoms with Gasteiger partial charge in [0.15, 0.2) is 0 Å². The molecular weight excluding hydrogens is 238 g/mol. The third-order valence-electron chi connectivity index (χ3n) is 3.63. The van der Waals surface area contributed by atoms with E-state index in [9.17, 15) is 4.79 Å². The highest BCUT2D eigenvalue weighted by Gasteiger charge is 2.28. The normalized spacial score (nSPS) is 23.9. The van der Waals surface area contributed by atoms with Crippen molar-refractivity contribution in [1.82, 2.24) is 15.1 Å². The lowest BCUT2D eigenvalue weighted by Crippen LogP contribution is -2.47. The lowest BCUT2D eigenvalue weighted by molar-refractivity contribution is -0.137. The van der Waals surface area contributed by atoms with Gasteiger partial charge in [-0.1, -0.05) is 20.8 Å². The Labute approximate surface area is 118 Å². The topological polar surface area (TPSA) is 35.6 Å². The maximum absolute atomic E-state index is 12.7. The maximum Gasteiger partial charge on any atom is 0.227 e. The number of piperidine rings is 1. The van der Waals surface area contributed by atoms with Gasteiger partial charge in [-0.25, -0.2) is 0 Å². The van der Waals surface area contributed by atoms with E-state index in [4.69, 9.17) is 0 Å². The summed E-state index contributed by atoms with van der Waals surface area (Å²) < 4.78 is 0. The first kappa shape index (κ1) is 16.4. The van der Waals surface area contributed by atoms with Gasteiger partial charge in [0, 0.05) is 26.2 Å². The first-order valence-electron chi connectivity index (χ1n) is 7.54. The van der Waals surface area contributed by atoms with Gasteiger partial charge in [-0.2, -0.15) is 0 Å². The second-order valence-electron chi connectivity index (χ2n) is 6.68. The van der Waals surface area contributed by atoms with E-state index < -0.39 is 0 Å². The minimum absolute atomic E-state index is 0.171. The molecule has 0 aromatic rings. The molecule has 0 saturated carbocycles. The second kappa shape index (κ2) is 7.85. The molecule has 1 rings (SSSR count). The monoisotopic (exact) mass is 269 g/mol. The van der Waals surface area contributed by atoms with Crippen molar-refractivity contribution in [2.75, 3.05) is 46.8 Å². The number of hydrogen-bond acceptors (Lipinski definition) is 3. The fourth-order valence-corrected chi connectivity index (χ4v) is 2.66. The van der Waals surface area contributed by atoms with Crippen LogP contribution in [0.15, 0.2) is 0 Å². The molecule has 0 aliphatic carbocycles. The molecule has 1 amide bonds. The molecule has 1 heterocycles. The molecule has 1 fully saturated rings.